The van der Waals surface area contributed by atoms with Crippen LogP contribution in [0, 0.1) is 5.82 Å². The van der Waals surface area contributed by atoms with Crippen molar-refractivity contribution in [3.05, 3.63) is 88.5 Å². The molecule has 0 saturated heterocycles. The van der Waals surface area contributed by atoms with E-state index in [1.54, 1.807) is 23.9 Å². The van der Waals surface area contributed by atoms with Crippen LogP contribution in [0.3, 0.4) is 0 Å². The van der Waals surface area contributed by atoms with E-state index < -0.39 is 0 Å². The highest BCUT2D eigenvalue weighted by Gasteiger charge is 2.39. The number of aryl methyl sites for hydroxylation is 2. The third-order valence-corrected chi connectivity index (χ3v) is 8.29. The van der Waals surface area contributed by atoms with E-state index in [0.717, 1.165) is 54.8 Å². The SMILES string of the molecule is CC1OC2(CCc3ccccc3CCC(N)=O)CCC(=Cc3c(cnn3-c3ccc(F)cc3)CS1)C2. The first-order chi connectivity index (χ1) is 17.4. The van der Waals surface area contributed by atoms with Crippen molar-refractivity contribution in [1.82, 2.24) is 9.78 Å². The van der Waals surface area contributed by atoms with Crippen molar-refractivity contribution in [2.45, 2.75) is 68.7 Å². The van der Waals surface area contributed by atoms with Gasteiger partial charge in [0.25, 0.3) is 0 Å². The third-order valence-electron chi connectivity index (χ3n) is 7.25. The molecule has 2 bridgehead atoms. The van der Waals surface area contributed by atoms with Crippen molar-refractivity contribution >= 4 is 23.7 Å². The third kappa shape index (κ3) is 5.57. The Balaban J connectivity index is 1.40. The average Bonchev–Trinajstić information content (AvgIpc) is 3.45. The number of halogens is 1. The molecule has 1 amide bonds. The maximum absolute atomic E-state index is 13.5. The first kappa shape index (κ1) is 24.8. The predicted molar refractivity (Wildman–Crippen MR) is 142 cm³/mol. The van der Waals surface area contributed by atoms with E-state index in [9.17, 15) is 9.18 Å². The number of rotatable bonds is 7. The zero-order valence-electron chi connectivity index (χ0n) is 20.6. The average molecular weight is 506 g/mol. The van der Waals surface area contributed by atoms with Crippen molar-refractivity contribution in [1.29, 1.82) is 0 Å². The van der Waals surface area contributed by atoms with Gasteiger partial charge in [-0.15, -0.1) is 11.8 Å². The second-order valence-corrected chi connectivity index (χ2v) is 11.1. The molecule has 1 aliphatic carbocycles. The number of fused-ring (bicyclic) bond motifs is 3. The van der Waals surface area contributed by atoms with E-state index in [-0.39, 0.29) is 22.8 Å². The zero-order chi connectivity index (χ0) is 25.1. The van der Waals surface area contributed by atoms with Crippen molar-refractivity contribution in [3.8, 4) is 5.69 Å². The predicted octanol–water partition coefficient (Wildman–Crippen LogP) is 5.98. The molecule has 2 heterocycles. The zero-order valence-corrected chi connectivity index (χ0v) is 21.4. The van der Waals surface area contributed by atoms with Crippen molar-refractivity contribution < 1.29 is 13.9 Å². The van der Waals surface area contributed by atoms with Gasteiger partial charge in [-0.1, -0.05) is 29.8 Å². The maximum Gasteiger partial charge on any atom is 0.217 e. The molecule has 7 heteroatoms. The number of primary amides is 1. The molecule has 1 aliphatic heterocycles. The van der Waals surface area contributed by atoms with Gasteiger partial charge in [-0.25, -0.2) is 9.07 Å². The molecule has 1 aromatic heterocycles. The summed E-state index contributed by atoms with van der Waals surface area (Å²) in [4.78, 5) is 11.3. The van der Waals surface area contributed by atoms with Gasteiger partial charge in [-0.05, 0) is 86.9 Å². The van der Waals surface area contributed by atoms with Crippen molar-refractivity contribution in [3.63, 3.8) is 0 Å². The molecule has 2 unspecified atom stereocenters. The number of ether oxygens (including phenoxy) is 1. The maximum atomic E-state index is 13.5. The van der Waals surface area contributed by atoms with Gasteiger partial charge < -0.3 is 10.5 Å². The van der Waals surface area contributed by atoms with Crippen LogP contribution in [0.4, 0.5) is 4.39 Å². The largest absolute Gasteiger partial charge is 0.370 e. The molecule has 2 aromatic carbocycles. The minimum absolute atomic E-state index is 0.0505. The summed E-state index contributed by atoms with van der Waals surface area (Å²) in [5.41, 5.74) is 12.1. The summed E-state index contributed by atoms with van der Waals surface area (Å²) in [7, 11) is 0. The van der Waals surface area contributed by atoms with E-state index in [4.69, 9.17) is 10.5 Å². The highest BCUT2D eigenvalue weighted by molar-refractivity contribution is 7.98. The Hall–Kier alpha value is -2.90. The Bertz CT molecular complexity index is 1270. The lowest BCUT2D eigenvalue weighted by Crippen LogP contribution is -2.33. The standard InChI is InChI=1S/C29H32FN3O2S/c1-20-35-29(15-13-23-5-3-2-4-22(23)6-11-28(31)34)14-12-21(17-29)16-27-24(19-36-20)18-32-33(27)26-9-7-25(30)8-10-26/h2-5,7-10,16,18,20H,6,11-15,17,19H2,1H3,(H2,31,34). The molecule has 1 saturated carbocycles. The summed E-state index contributed by atoms with van der Waals surface area (Å²) in [6.07, 6.45) is 9.90. The molecule has 5 rings (SSSR count). The number of carbonyl (C=O) groups is 1. The van der Waals surface area contributed by atoms with Crippen molar-refractivity contribution in [2.24, 2.45) is 5.73 Å². The van der Waals surface area contributed by atoms with Crippen molar-refractivity contribution in [2.75, 3.05) is 0 Å². The Labute approximate surface area is 215 Å². The molecule has 3 aromatic rings. The number of aromatic nitrogens is 2. The second kappa shape index (κ2) is 10.6. The second-order valence-electron chi connectivity index (χ2n) is 9.84. The molecular weight excluding hydrogens is 473 g/mol. The molecular formula is C29H32FN3O2S. The lowest BCUT2D eigenvalue weighted by molar-refractivity contribution is -0.118. The fraction of sp³-hybridized carbons (Fsp3) is 0.379. The van der Waals surface area contributed by atoms with Crippen LogP contribution in [-0.4, -0.2) is 26.7 Å². The van der Waals surface area contributed by atoms with Crippen LogP contribution in [0.2, 0.25) is 0 Å². The number of hydrogen-bond donors (Lipinski definition) is 1. The normalized spacial score (nSPS) is 21.6. The van der Waals surface area contributed by atoms with E-state index >= 15 is 0 Å². The van der Waals surface area contributed by atoms with E-state index in [0.29, 0.717) is 12.8 Å². The topological polar surface area (TPSA) is 70.1 Å². The number of benzene rings is 2. The van der Waals surface area contributed by atoms with E-state index in [2.05, 4.69) is 36.3 Å². The Morgan fingerprint density at radius 3 is 2.69 bits per heavy atom. The van der Waals surface area contributed by atoms with Crippen LogP contribution in [-0.2, 0) is 28.1 Å². The fourth-order valence-corrected chi connectivity index (χ4v) is 6.28. The van der Waals surface area contributed by atoms with Gasteiger partial charge in [-0.2, -0.15) is 5.10 Å². The molecule has 2 atom stereocenters. The number of hydrogen-bond acceptors (Lipinski definition) is 4. The minimum Gasteiger partial charge on any atom is -0.370 e. The summed E-state index contributed by atoms with van der Waals surface area (Å²) < 4.78 is 22.2. The monoisotopic (exact) mass is 505 g/mol. The molecule has 0 spiro atoms. The summed E-state index contributed by atoms with van der Waals surface area (Å²) in [5.74, 6) is 0.279. The van der Waals surface area contributed by atoms with Crippen LogP contribution in [0.5, 0.6) is 0 Å². The Kier molecular flexibility index (Phi) is 7.30. The number of thioether (sulfide) groups is 1. The van der Waals surface area contributed by atoms with Gasteiger partial charge in [0.2, 0.25) is 5.91 Å². The van der Waals surface area contributed by atoms with E-state index in [1.807, 2.05) is 16.9 Å². The van der Waals surface area contributed by atoms with Crippen LogP contribution in [0.25, 0.3) is 11.8 Å². The van der Waals surface area contributed by atoms with Gasteiger partial charge in [0.05, 0.1) is 23.2 Å². The first-order valence-corrected chi connectivity index (χ1v) is 13.6. The first-order valence-electron chi connectivity index (χ1n) is 12.6. The molecule has 1 fully saturated rings. The van der Waals surface area contributed by atoms with Gasteiger partial charge in [0.1, 0.15) is 11.3 Å². The Morgan fingerprint density at radius 1 is 1.19 bits per heavy atom. The molecule has 2 N–H and O–H groups in total. The quantitative estimate of drug-likeness (QED) is 0.429. The highest BCUT2D eigenvalue weighted by atomic mass is 32.2. The number of nitrogens with zero attached hydrogens (tertiary/aromatic N) is 2. The van der Waals surface area contributed by atoms with Crippen LogP contribution < -0.4 is 5.73 Å². The number of nitrogens with two attached hydrogens (primary N) is 1. The van der Waals surface area contributed by atoms with E-state index in [1.165, 1.54) is 28.8 Å². The van der Waals surface area contributed by atoms with Crippen LogP contribution in [0.15, 0.2) is 60.3 Å². The summed E-state index contributed by atoms with van der Waals surface area (Å²) >= 11 is 1.78. The van der Waals surface area contributed by atoms with Crippen LogP contribution in [0.1, 0.15) is 61.4 Å². The van der Waals surface area contributed by atoms with Gasteiger partial charge in [0, 0.05) is 17.7 Å². The highest BCUT2D eigenvalue weighted by Crippen LogP contribution is 2.44. The lowest BCUT2D eigenvalue weighted by atomic mass is 9.90. The summed E-state index contributed by atoms with van der Waals surface area (Å²) in [6.45, 7) is 2.14. The molecule has 36 heavy (non-hydrogen) atoms. The molecule has 5 nitrogen and oxygen atoms in total. The van der Waals surface area contributed by atoms with Gasteiger partial charge in [0.15, 0.2) is 0 Å². The number of amides is 1. The lowest BCUT2D eigenvalue weighted by Gasteiger charge is -2.33. The number of carbonyl (C=O) groups excluding carboxylic acids is 1. The van der Waals surface area contributed by atoms with Crippen LogP contribution >= 0.6 is 11.8 Å². The Morgan fingerprint density at radius 2 is 1.94 bits per heavy atom. The van der Waals surface area contributed by atoms with Gasteiger partial charge >= 0.3 is 0 Å². The fourth-order valence-electron chi connectivity index (χ4n) is 5.37. The summed E-state index contributed by atoms with van der Waals surface area (Å²) in [6, 6.07) is 14.8. The smallest absolute Gasteiger partial charge is 0.217 e. The minimum atomic E-state index is -0.269. The van der Waals surface area contributed by atoms with Gasteiger partial charge in [-0.3, -0.25) is 4.79 Å². The molecule has 0 radical (unpaired) electrons. The molecule has 188 valence electrons. The molecule has 2 aliphatic rings. The summed E-state index contributed by atoms with van der Waals surface area (Å²) in [5, 5.41) is 4.65.